The fraction of sp³-hybridized carbons (Fsp3) is 0.304. The number of halogens is 2. The van der Waals surface area contributed by atoms with Crippen LogP contribution in [-0.2, 0) is 9.59 Å². The van der Waals surface area contributed by atoms with E-state index in [1.54, 1.807) is 36.2 Å². The van der Waals surface area contributed by atoms with Gasteiger partial charge in [0.1, 0.15) is 0 Å². The van der Waals surface area contributed by atoms with Gasteiger partial charge < -0.3 is 10.2 Å². The molecule has 4 nitrogen and oxygen atoms in total. The maximum atomic E-state index is 12.0. The van der Waals surface area contributed by atoms with Crippen molar-refractivity contribution in [3.8, 4) is 0 Å². The van der Waals surface area contributed by atoms with E-state index in [1.165, 1.54) is 0 Å². The Morgan fingerprint density at radius 3 is 2.28 bits per heavy atom. The average molecular weight is 435 g/mol. The Bertz CT molecular complexity index is 781. The molecule has 1 saturated heterocycles. The smallest absolute Gasteiger partial charge is 0.229 e. The number of allylic oxidation sites excluding steroid dienone is 1. The lowest BCUT2D eigenvalue weighted by molar-refractivity contribution is -0.135. The number of likely N-dealkylation sites (tertiary alicyclic amines) is 1. The number of hydrogen-bond donors (Lipinski definition) is 1. The Balaban J connectivity index is 0.000000314. The van der Waals surface area contributed by atoms with Crippen molar-refractivity contribution in [1.29, 1.82) is 0 Å². The number of nitrogens with zero attached hydrogens (tertiary/aromatic N) is 1. The van der Waals surface area contributed by atoms with Crippen molar-refractivity contribution >= 4 is 40.7 Å². The van der Waals surface area contributed by atoms with Crippen LogP contribution in [0.2, 0.25) is 10.0 Å². The highest BCUT2D eigenvalue weighted by atomic mass is 35.5. The Morgan fingerprint density at radius 2 is 1.79 bits per heavy atom. The number of piperidine rings is 1. The molecule has 2 amide bonds. The first-order valence-corrected chi connectivity index (χ1v) is 10.2. The minimum absolute atomic E-state index is 0.0587. The van der Waals surface area contributed by atoms with Gasteiger partial charge in [0.2, 0.25) is 11.8 Å². The van der Waals surface area contributed by atoms with Crippen LogP contribution in [0, 0.1) is 5.92 Å². The van der Waals surface area contributed by atoms with Crippen LogP contribution in [0.1, 0.15) is 26.2 Å². The molecule has 1 aliphatic heterocycles. The Hall–Kier alpha value is -2.30. The van der Waals surface area contributed by atoms with Gasteiger partial charge in [-0.15, -0.1) is 6.58 Å². The summed E-state index contributed by atoms with van der Waals surface area (Å²) in [4.78, 5) is 25.0. The highest BCUT2D eigenvalue weighted by Gasteiger charge is 2.28. The molecule has 1 heterocycles. The fourth-order valence-electron chi connectivity index (χ4n) is 2.45. The molecule has 1 aliphatic rings. The van der Waals surface area contributed by atoms with Crippen molar-refractivity contribution in [2.45, 2.75) is 26.2 Å². The van der Waals surface area contributed by atoms with Gasteiger partial charge in [-0.05, 0) is 43.2 Å². The number of carbonyl (C=O) groups is 2. The lowest BCUT2D eigenvalue weighted by Gasteiger charge is -2.28. The second-order valence-corrected chi connectivity index (χ2v) is 7.37. The summed E-state index contributed by atoms with van der Waals surface area (Å²) in [5.74, 6) is -0.106. The van der Waals surface area contributed by atoms with Crippen LogP contribution in [0.5, 0.6) is 0 Å². The first-order chi connectivity index (χ1) is 13.9. The SMILES string of the molecule is C=CCC.CN1CC(C(=O)Nc2cccc(Cl)c2)CCC1=O.Clc1ccccc1. The van der Waals surface area contributed by atoms with Gasteiger partial charge in [-0.1, -0.05) is 60.5 Å². The van der Waals surface area contributed by atoms with E-state index < -0.39 is 0 Å². The van der Waals surface area contributed by atoms with E-state index in [2.05, 4.69) is 18.8 Å². The van der Waals surface area contributed by atoms with Crippen LogP contribution < -0.4 is 5.32 Å². The summed E-state index contributed by atoms with van der Waals surface area (Å²) in [5, 5.41) is 4.21. The standard InChI is InChI=1S/C13H15ClN2O2.C6H5Cl.C4H8/c1-16-8-9(5-6-12(16)17)13(18)15-11-4-2-3-10(14)7-11;7-6-4-2-1-3-5-6;1-3-4-2/h2-4,7,9H,5-6,8H2,1H3,(H,15,18);1-5H;3H,1,4H2,2H3. The molecule has 1 N–H and O–H groups in total. The number of benzene rings is 2. The summed E-state index contributed by atoms with van der Waals surface area (Å²) in [6.45, 7) is 6.02. The monoisotopic (exact) mass is 434 g/mol. The van der Waals surface area contributed by atoms with Crippen molar-refractivity contribution < 1.29 is 9.59 Å². The summed E-state index contributed by atoms with van der Waals surface area (Å²) in [7, 11) is 1.72. The molecule has 0 saturated carbocycles. The van der Waals surface area contributed by atoms with Gasteiger partial charge in [0.25, 0.3) is 0 Å². The van der Waals surface area contributed by atoms with Crippen LogP contribution in [0.15, 0.2) is 67.3 Å². The predicted molar refractivity (Wildman–Crippen MR) is 122 cm³/mol. The van der Waals surface area contributed by atoms with E-state index in [0.717, 1.165) is 11.4 Å². The molecule has 1 unspecified atom stereocenters. The molecule has 2 aromatic carbocycles. The summed E-state index contributed by atoms with van der Waals surface area (Å²) in [6.07, 6.45) is 4.00. The molecule has 29 heavy (non-hydrogen) atoms. The normalized spacial score (nSPS) is 15.2. The van der Waals surface area contributed by atoms with Crippen molar-refractivity contribution in [3.05, 3.63) is 77.3 Å². The van der Waals surface area contributed by atoms with Crippen LogP contribution in [0.25, 0.3) is 0 Å². The molecule has 2 aromatic rings. The van der Waals surface area contributed by atoms with Crippen molar-refractivity contribution in [3.63, 3.8) is 0 Å². The fourth-order valence-corrected chi connectivity index (χ4v) is 2.79. The van der Waals surface area contributed by atoms with Gasteiger partial charge in [0.05, 0.1) is 5.92 Å². The summed E-state index contributed by atoms with van der Waals surface area (Å²) >= 11 is 11.4. The molecular formula is C23H28Cl2N2O2. The quantitative estimate of drug-likeness (QED) is 0.595. The summed E-state index contributed by atoms with van der Waals surface area (Å²) < 4.78 is 0. The Kier molecular flexibility index (Phi) is 11.8. The van der Waals surface area contributed by atoms with Crippen LogP contribution in [0.4, 0.5) is 5.69 Å². The highest BCUT2D eigenvalue weighted by molar-refractivity contribution is 6.31. The van der Waals surface area contributed by atoms with Crippen LogP contribution in [-0.4, -0.2) is 30.3 Å². The van der Waals surface area contributed by atoms with Gasteiger partial charge >= 0.3 is 0 Å². The van der Waals surface area contributed by atoms with E-state index in [0.29, 0.717) is 30.1 Å². The van der Waals surface area contributed by atoms with Crippen molar-refractivity contribution in [2.24, 2.45) is 5.92 Å². The molecule has 1 atom stereocenters. The van der Waals surface area contributed by atoms with E-state index in [-0.39, 0.29) is 17.7 Å². The number of rotatable bonds is 3. The van der Waals surface area contributed by atoms with Crippen LogP contribution >= 0.6 is 23.2 Å². The maximum absolute atomic E-state index is 12.0. The second kappa shape index (κ2) is 13.8. The molecule has 156 valence electrons. The average Bonchev–Trinajstić information content (AvgIpc) is 2.71. The minimum atomic E-state index is -0.147. The van der Waals surface area contributed by atoms with Gasteiger partial charge in [0.15, 0.2) is 0 Å². The molecule has 0 bridgehead atoms. The van der Waals surface area contributed by atoms with E-state index >= 15 is 0 Å². The van der Waals surface area contributed by atoms with E-state index in [9.17, 15) is 9.59 Å². The van der Waals surface area contributed by atoms with Crippen molar-refractivity contribution in [1.82, 2.24) is 4.90 Å². The van der Waals surface area contributed by atoms with Crippen LogP contribution in [0.3, 0.4) is 0 Å². The Morgan fingerprint density at radius 1 is 1.17 bits per heavy atom. The topological polar surface area (TPSA) is 49.4 Å². The molecule has 0 radical (unpaired) electrons. The summed E-state index contributed by atoms with van der Waals surface area (Å²) in [6, 6.07) is 16.5. The molecule has 0 aromatic heterocycles. The number of amides is 2. The highest BCUT2D eigenvalue weighted by Crippen LogP contribution is 2.20. The van der Waals surface area contributed by atoms with Gasteiger partial charge in [-0.25, -0.2) is 0 Å². The van der Waals surface area contributed by atoms with Gasteiger partial charge in [0, 0.05) is 35.7 Å². The molecular weight excluding hydrogens is 407 g/mol. The molecule has 1 fully saturated rings. The lowest BCUT2D eigenvalue weighted by atomic mass is 9.97. The third-order valence-corrected chi connectivity index (χ3v) is 4.60. The third-order valence-electron chi connectivity index (χ3n) is 4.11. The minimum Gasteiger partial charge on any atom is -0.345 e. The maximum Gasteiger partial charge on any atom is 0.229 e. The van der Waals surface area contributed by atoms with Gasteiger partial charge in [-0.2, -0.15) is 0 Å². The first kappa shape index (κ1) is 24.7. The van der Waals surface area contributed by atoms with Crippen molar-refractivity contribution in [2.75, 3.05) is 18.9 Å². The third kappa shape index (κ3) is 10.2. The number of anilines is 1. The summed E-state index contributed by atoms with van der Waals surface area (Å²) in [5.41, 5.74) is 0.687. The zero-order chi connectivity index (χ0) is 21.6. The van der Waals surface area contributed by atoms with E-state index in [1.807, 2.05) is 36.4 Å². The van der Waals surface area contributed by atoms with Gasteiger partial charge in [-0.3, -0.25) is 9.59 Å². The molecule has 0 aliphatic carbocycles. The molecule has 3 rings (SSSR count). The zero-order valence-electron chi connectivity index (χ0n) is 16.9. The number of carbonyl (C=O) groups excluding carboxylic acids is 2. The number of hydrogen-bond acceptors (Lipinski definition) is 2. The number of nitrogens with one attached hydrogen (secondary N) is 1. The van der Waals surface area contributed by atoms with E-state index in [4.69, 9.17) is 23.2 Å². The predicted octanol–water partition coefficient (Wildman–Crippen LogP) is 6.07. The first-order valence-electron chi connectivity index (χ1n) is 9.49. The molecule has 6 heteroatoms. The second-order valence-electron chi connectivity index (χ2n) is 6.50. The zero-order valence-corrected chi connectivity index (χ0v) is 18.4. The lowest BCUT2D eigenvalue weighted by Crippen LogP contribution is -2.41. The molecule has 0 spiro atoms. The largest absolute Gasteiger partial charge is 0.345 e. The Labute approximate surface area is 183 Å².